The lowest BCUT2D eigenvalue weighted by atomic mass is 9.83. The van der Waals surface area contributed by atoms with Crippen LogP contribution in [-0.2, 0) is 4.74 Å². The van der Waals surface area contributed by atoms with Gasteiger partial charge < -0.3 is 14.9 Å². The molecular weight excluding hydrogens is 266 g/mol. The summed E-state index contributed by atoms with van der Waals surface area (Å²) in [7, 11) is 1.81. The number of likely N-dealkylation sites (N-methyl/N-ethyl adjacent to an activating group) is 1. The van der Waals surface area contributed by atoms with Crippen LogP contribution in [0.1, 0.15) is 11.8 Å². The van der Waals surface area contributed by atoms with Gasteiger partial charge in [-0.3, -0.25) is 19.2 Å². The largest absolute Gasteiger partial charge is 0.393 e. The summed E-state index contributed by atoms with van der Waals surface area (Å²) in [5.74, 6) is 0. The molecular formula is C12H17N3O5. The Morgan fingerprint density at radius 3 is 2.80 bits per heavy atom. The van der Waals surface area contributed by atoms with Crippen molar-refractivity contribution < 1.29 is 14.9 Å². The van der Waals surface area contributed by atoms with Gasteiger partial charge in [0.15, 0.2) is 6.23 Å². The molecule has 2 saturated heterocycles. The third-order valence-electron chi connectivity index (χ3n) is 4.19. The molecule has 2 fully saturated rings. The van der Waals surface area contributed by atoms with E-state index < -0.39 is 29.2 Å². The molecule has 0 bridgehead atoms. The number of hydrogen-bond donors (Lipinski definition) is 3. The van der Waals surface area contributed by atoms with Crippen LogP contribution in [0.25, 0.3) is 0 Å². The van der Waals surface area contributed by atoms with Gasteiger partial charge >= 0.3 is 5.69 Å². The molecule has 0 spiro atoms. The van der Waals surface area contributed by atoms with Crippen molar-refractivity contribution in [2.45, 2.75) is 30.9 Å². The van der Waals surface area contributed by atoms with Crippen LogP contribution in [0, 0.1) is 6.92 Å². The number of rotatable bonds is 2. The lowest BCUT2D eigenvalue weighted by Gasteiger charge is -2.50. The van der Waals surface area contributed by atoms with Crippen molar-refractivity contribution in [2.75, 3.05) is 20.2 Å². The molecule has 1 aromatic rings. The Bertz CT molecular complexity index is 653. The number of H-pyrrole nitrogens is 1. The highest BCUT2D eigenvalue weighted by Gasteiger charge is 2.63. The predicted molar refractivity (Wildman–Crippen MR) is 68.4 cm³/mol. The molecule has 0 aliphatic carbocycles. The van der Waals surface area contributed by atoms with E-state index in [1.807, 2.05) is 11.9 Å². The maximum absolute atomic E-state index is 11.9. The van der Waals surface area contributed by atoms with E-state index in [1.165, 1.54) is 10.8 Å². The highest BCUT2D eigenvalue weighted by molar-refractivity contribution is 5.15. The van der Waals surface area contributed by atoms with Gasteiger partial charge in [-0.05, 0) is 14.0 Å². The molecule has 1 unspecified atom stereocenters. The van der Waals surface area contributed by atoms with E-state index in [-0.39, 0.29) is 12.6 Å². The second-order valence-corrected chi connectivity index (χ2v) is 5.56. The number of aliphatic hydroxyl groups is 2. The molecule has 1 aromatic heterocycles. The molecule has 2 aliphatic heterocycles. The van der Waals surface area contributed by atoms with Gasteiger partial charge in [0.2, 0.25) is 0 Å². The van der Waals surface area contributed by atoms with Crippen molar-refractivity contribution in [3.8, 4) is 0 Å². The number of fused-ring (bicyclic) bond motifs is 1. The number of aromatic nitrogens is 2. The second kappa shape index (κ2) is 4.26. The highest BCUT2D eigenvalue weighted by atomic mass is 16.6. The van der Waals surface area contributed by atoms with Gasteiger partial charge in [0.25, 0.3) is 5.56 Å². The summed E-state index contributed by atoms with van der Waals surface area (Å²) >= 11 is 0. The van der Waals surface area contributed by atoms with Crippen molar-refractivity contribution in [1.29, 1.82) is 0 Å². The molecule has 0 aromatic carbocycles. The molecule has 8 heteroatoms. The van der Waals surface area contributed by atoms with Gasteiger partial charge in [-0.2, -0.15) is 0 Å². The number of likely N-dealkylation sites (tertiary alicyclic amines) is 1. The number of hydrogen-bond acceptors (Lipinski definition) is 6. The zero-order valence-corrected chi connectivity index (χ0v) is 11.2. The summed E-state index contributed by atoms with van der Waals surface area (Å²) < 4.78 is 6.91. The van der Waals surface area contributed by atoms with E-state index in [4.69, 9.17) is 4.74 Å². The molecule has 2 aliphatic rings. The predicted octanol–water partition coefficient (Wildman–Crippen LogP) is -2.22. The lowest BCUT2D eigenvalue weighted by Crippen LogP contribution is -2.70. The fraction of sp³-hybridized carbons (Fsp3) is 0.667. The maximum Gasteiger partial charge on any atom is 0.330 e. The topological polar surface area (TPSA) is 108 Å². The number of nitrogens with one attached hydrogen (secondary N) is 1. The summed E-state index contributed by atoms with van der Waals surface area (Å²) in [4.78, 5) is 27.3. The van der Waals surface area contributed by atoms with E-state index in [1.54, 1.807) is 6.92 Å². The number of aromatic amines is 1. The summed E-state index contributed by atoms with van der Waals surface area (Å²) in [5.41, 5.74) is -1.59. The van der Waals surface area contributed by atoms with Crippen LogP contribution in [0.4, 0.5) is 0 Å². The SMILES string of the molecule is Cc1cn([C@@H]2O[C@@]3(CO)CN(C)C3[C@H]2O)c(=O)[nH]c1=O. The van der Waals surface area contributed by atoms with Crippen LogP contribution in [0.5, 0.6) is 0 Å². The van der Waals surface area contributed by atoms with Crippen molar-refractivity contribution in [2.24, 2.45) is 0 Å². The number of ether oxygens (including phenoxy) is 1. The average Bonchev–Trinajstić information content (AvgIpc) is 2.61. The Labute approximate surface area is 114 Å². The van der Waals surface area contributed by atoms with Crippen LogP contribution in [0.2, 0.25) is 0 Å². The molecule has 0 saturated carbocycles. The molecule has 110 valence electrons. The van der Waals surface area contributed by atoms with Gasteiger partial charge in [0.1, 0.15) is 11.7 Å². The third kappa shape index (κ3) is 1.62. The van der Waals surface area contributed by atoms with Gasteiger partial charge in [-0.15, -0.1) is 0 Å². The van der Waals surface area contributed by atoms with Crippen molar-refractivity contribution >= 4 is 0 Å². The van der Waals surface area contributed by atoms with Crippen LogP contribution in [0.15, 0.2) is 15.8 Å². The summed E-state index contributed by atoms with van der Waals surface area (Å²) in [5, 5.41) is 19.9. The molecule has 20 heavy (non-hydrogen) atoms. The zero-order valence-electron chi connectivity index (χ0n) is 11.2. The van der Waals surface area contributed by atoms with E-state index in [0.29, 0.717) is 12.1 Å². The smallest absolute Gasteiger partial charge is 0.330 e. The van der Waals surface area contributed by atoms with E-state index >= 15 is 0 Å². The summed E-state index contributed by atoms with van der Waals surface area (Å²) in [6.07, 6.45) is -0.505. The molecule has 4 atom stereocenters. The molecule has 0 amide bonds. The van der Waals surface area contributed by atoms with Gasteiger partial charge in [0.05, 0.1) is 12.6 Å². The fourth-order valence-electron chi connectivity index (χ4n) is 3.23. The van der Waals surface area contributed by atoms with Crippen LogP contribution in [-0.4, -0.2) is 62.6 Å². The highest BCUT2D eigenvalue weighted by Crippen LogP contribution is 2.45. The second-order valence-electron chi connectivity index (χ2n) is 5.56. The first kappa shape index (κ1) is 13.5. The Balaban J connectivity index is 2.03. The monoisotopic (exact) mass is 283 g/mol. The molecule has 0 radical (unpaired) electrons. The zero-order chi connectivity index (χ0) is 14.7. The Hall–Kier alpha value is -1.48. The minimum absolute atomic E-state index is 0.230. The molecule has 8 nitrogen and oxygen atoms in total. The number of aliphatic hydroxyl groups excluding tert-OH is 2. The van der Waals surface area contributed by atoms with Gasteiger partial charge in [-0.1, -0.05) is 0 Å². The van der Waals surface area contributed by atoms with Gasteiger partial charge in [0, 0.05) is 18.3 Å². The third-order valence-corrected chi connectivity index (χ3v) is 4.19. The number of aryl methyl sites for hydroxylation is 1. The van der Waals surface area contributed by atoms with Crippen molar-refractivity contribution in [1.82, 2.24) is 14.5 Å². The van der Waals surface area contributed by atoms with Crippen LogP contribution < -0.4 is 11.2 Å². The molecule has 3 N–H and O–H groups in total. The summed E-state index contributed by atoms with van der Waals surface area (Å²) in [6, 6.07) is -0.364. The van der Waals surface area contributed by atoms with Crippen LogP contribution >= 0.6 is 0 Å². The first-order valence-electron chi connectivity index (χ1n) is 6.39. The first-order chi connectivity index (χ1) is 9.39. The minimum atomic E-state index is -0.955. The van der Waals surface area contributed by atoms with E-state index in [2.05, 4.69) is 4.98 Å². The Morgan fingerprint density at radius 1 is 1.55 bits per heavy atom. The molecule has 3 rings (SSSR count). The van der Waals surface area contributed by atoms with Crippen molar-refractivity contribution in [3.63, 3.8) is 0 Å². The lowest BCUT2D eigenvalue weighted by molar-refractivity contribution is -0.175. The quantitative estimate of drug-likeness (QED) is 0.567. The van der Waals surface area contributed by atoms with Crippen LogP contribution in [0.3, 0.4) is 0 Å². The normalized spacial score (nSPS) is 36.7. The van der Waals surface area contributed by atoms with Crippen molar-refractivity contribution in [3.05, 3.63) is 32.6 Å². The minimum Gasteiger partial charge on any atom is -0.393 e. The standard InChI is InChI=1S/C12H17N3O5/c1-6-3-15(11(19)13-9(6)18)10-7(17)8-12(5-16,20-10)4-14(8)2/h3,7-8,10,16-17H,4-5H2,1-2H3,(H,13,18,19)/t7-,8?,10-,12-/m1/s1. The summed E-state index contributed by atoms with van der Waals surface area (Å²) in [6.45, 7) is 1.82. The molecule has 3 heterocycles. The maximum atomic E-state index is 11.9. The Morgan fingerprint density at radius 2 is 2.25 bits per heavy atom. The average molecular weight is 283 g/mol. The fourth-order valence-corrected chi connectivity index (χ4v) is 3.23. The van der Waals surface area contributed by atoms with E-state index in [0.717, 1.165) is 0 Å². The van der Waals surface area contributed by atoms with E-state index in [9.17, 15) is 19.8 Å². The number of nitrogens with zero attached hydrogens (tertiary/aromatic N) is 2. The first-order valence-corrected chi connectivity index (χ1v) is 6.39. The Kier molecular flexibility index (Phi) is 2.87. The van der Waals surface area contributed by atoms with Gasteiger partial charge in [-0.25, -0.2) is 4.79 Å².